The summed E-state index contributed by atoms with van der Waals surface area (Å²) >= 11 is 0. The third-order valence-corrected chi connectivity index (χ3v) is 6.75. The molecule has 1 N–H and O–H groups in total. The van der Waals surface area contributed by atoms with Gasteiger partial charge in [-0.05, 0) is 11.1 Å². The molecule has 2 rings (SSSR count). The minimum absolute atomic E-state index is 0.228. The predicted molar refractivity (Wildman–Crippen MR) is 89.6 cm³/mol. The van der Waals surface area contributed by atoms with Crippen molar-refractivity contribution in [3.8, 4) is 0 Å². The van der Waals surface area contributed by atoms with Gasteiger partial charge in [-0.3, -0.25) is 4.79 Å². The first kappa shape index (κ1) is 16.5. The molecule has 0 saturated heterocycles. The highest BCUT2D eigenvalue weighted by molar-refractivity contribution is 7.62. The molecule has 1 atom stereocenters. The second-order valence-electron chi connectivity index (χ2n) is 5.77. The van der Waals surface area contributed by atoms with Crippen molar-refractivity contribution < 1.29 is 14.5 Å². The van der Waals surface area contributed by atoms with Crippen LogP contribution in [0, 0.1) is 5.92 Å². The molecule has 2 aromatic rings. The molecule has 22 heavy (non-hydrogen) atoms. The van der Waals surface area contributed by atoms with Crippen LogP contribution in [0.4, 0.5) is 0 Å². The molecule has 0 aromatic heterocycles. The molecule has 0 saturated carbocycles. The van der Waals surface area contributed by atoms with Gasteiger partial charge in [-0.1, -0.05) is 67.6 Å². The van der Waals surface area contributed by atoms with Crippen molar-refractivity contribution in [2.45, 2.75) is 19.2 Å². The molecule has 0 unspecified atom stereocenters. The lowest BCUT2D eigenvalue weighted by Crippen LogP contribution is -2.15. The Kier molecular flexibility index (Phi) is 5.57. The Labute approximate surface area is 131 Å². The zero-order valence-corrected chi connectivity index (χ0v) is 13.6. The summed E-state index contributed by atoms with van der Waals surface area (Å²) in [6, 6.07) is 19.3. The van der Waals surface area contributed by atoms with E-state index in [9.17, 15) is 9.36 Å². The number of hydrogen-bond donors (Lipinski definition) is 1. The summed E-state index contributed by atoms with van der Waals surface area (Å²) in [6.07, 6.45) is 1.12. The largest absolute Gasteiger partial charge is 0.481 e. The number of carboxylic acids is 1. The molecular formula is C18H21O3P. The second-order valence-corrected chi connectivity index (χ2v) is 8.88. The molecule has 0 bridgehead atoms. The van der Waals surface area contributed by atoms with E-state index in [1.807, 2.05) is 60.7 Å². The van der Waals surface area contributed by atoms with E-state index in [1.54, 1.807) is 6.92 Å². The van der Waals surface area contributed by atoms with Gasteiger partial charge in [0, 0.05) is 18.5 Å². The van der Waals surface area contributed by atoms with Gasteiger partial charge in [0.2, 0.25) is 0 Å². The first-order chi connectivity index (χ1) is 10.5. The number of hydrogen-bond acceptors (Lipinski definition) is 2. The fraction of sp³-hybridized carbons (Fsp3) is 0.278. The highest BCUT2D eigenvalue weighted by Crippen LogP contribution is 2.53. The SMILES string of the molecule is C[C@@H](CP(=O)(Cc1ccccc1)Cc1ccccc1)C(=O)O. The van der Waals surface area contributed by atoms with E-state index >= 15 is 0 Å². The molecule has 2 aromatic carbocycles. The van der Waals surface area contributed by atoms with Crippen LogP contribution >= 0.6 is 7.14 Å². The minimum Gasteiger partial charge on any atom is -0.481 e. The molecule has 116 valence electrons. The van der Waals surface area contributed by atoms with Gasteiger partial charge < -0.3 is 9.67 Å². The average Bonchev–Trinajstić information content (AvgIpc) is 2.48. The lowest BCUT2D eigenvalue weighted by Gasteiger charge is -2.21. The highest BCUT2D eigenvalue weighted by atomic mass is 31.2. The van der Waals surface area contributed by atoms with Crippen molar-refractivity contribution >= 4 is 13.1 Å². The molecule has 3 nitrogen and oxygen atoms in total. The first-order valence-corrected chi connectivity index (χ1v) is 9.62. The van der Waals surface area contributed by atoms with E-state index in [0.29, 0.717) is 12.3 Å². The second kappa shape index (κ2) is 7.42. The fourth-order valence-corrected chi connectivity index (χ4v) is 5.87. The van der Waals surface area contributed by atoms with Crippen molar-refractivity contribution in [2.24, 2.45) is 5.92 Å². The molecule has 0 aliphatic carbocycles. The van der Waals surface area contributed by atoms with Crippen LogP contribution in [0.5, 0.6) is 0 Å². The summed E-state index contributed by atoms with van der Waals surface area (Å²) in [7, 11) is -2.65. The van der Waals surface area contributed by atoms with Crippen molar-refractivity contribution in [3.63, 3.8) is 0 Å². The number of benzene rings is 2. The summed E-state index contributed by atoms with van der Waals surface area (Å²) in [6.45, 7) is 1.63. The van der Waals surface area contributed by atoms with Gasteiger partial charge in [0.05, 0.1) is 13.1 Å². The molecule has 4 heteroatoms. The summed E-state index contributed by atoms with van der Waals surface area (Å²) < 4.78 is 13.4. The van der Waals surface area contributed by atoms with E-state index in [0.717, 1.165) is 11.1 Å². The van der Waals surface area contributed by atoms with Gasteiger partial charge in [0.1, 0.15) is 0 Å². The molecule has 0 amide bonds. The lowest BCUT2D eigenvalue weighted by molar-refractivity contribution is -0.140. The van der Waals surface area contributed by atoms with Crippen LogP contribution in [0.25, 0.3) is 0 Å². The van der Waals surface area contributed by atoms with Crippen molar-refractivity contribution in [1.82, 2.24) is 0 Å². The Morgan fingerprint density at radius 1 is 0.955 bits per heavy atom. The number of carbonyl (C=O) groups is 1. The fourth-order valence-electron chi connectivity index (χ4n) is 2.59. The Balaban J connectivity index is 2.23. The molecule has 0 spiro atoms. The number of carboxylic acid groups (broad SMARTS) is 1. The third-order valence-electron chi connectivity index (χ3n) is 3.66. The van der Waals surface area contributed by atoms with Crippen molar-refractivity contribution in [1.29, 1.82) is 0 Å². The van der Waals surface area contributed by atoms with Crippen LogP contribution in [0.1, 0.15) is 18.1 Å². The molecular weight excluding hydrogens is 295 g/mol. The Bertz CT molecular complexity index is 607. The van der Waals surface area contributed by atoms with Gasteiger partial charge in [0.15, 0.2) is 0 Å². The Morgan fingerprint density at radius 2 is 1.36 bits per heavy atom. The van der Waals surface area contributed by atoms with Crippen LogP contribution in [0.2, 0.25) is 0 Å². The van der Waals surface area contributed by atoms with Crippen LogP contribution in [-0.4, -0.2) is 17.2 Å². The molecule has 0 aliphatic rings. The average molecular weight is 316 g/mol. The van der Waals surface area contributed by atoms with E-state index in [2.05, 4.69) is 0 Å². The summed E-state index contributed by atoms with van der Waals surface area (Å²) in [4.78, 5) is 11.2. The molecule has 0 heterocycles. The van der Waals surface area contributed by atoms with Crippen molar-refractivity contribution in [3.05, 3.63) is 71.8 Å². The maximum atomic E-state index is 13.4. The predicted octanol–water partition coefficient (Wildman–Crippen LogP) is 4.47. The van der Waals surface area contributed by atoms with Crippen LogP contribution in [0.3, 0.4) is 0 Å². The zero-order valence-electron chi connectivity index (χ0n) is 12.7. The normalized spacial score (nSPS) is 12.8. The maximum Gasteiger partial charge on any atom is 0.306 e. The van der Waals surface area contributed by atoms with E-state index in [-0.39, 0.29) is 6.16 Å². The summed E-state index contributed by atoms with van der Waals surface area (Å²) in [5.41, 5.74) is 2.00. The summed E-state index contributed by atoms with van der Waals surface area (Å²) in [5, 5.41) is 9.16. The smallest absolute Gasteiger partial charge is 0.306 e. The van der Waals surface area contributed by atoms with Gasteiger partial charge in [-0.15, -0.1) is 0 Å². The van der Waals surface area contributed by atoms with Gasteiger partial charge in [-0.25, -0.2) is 0 Å². The number of aliphatic carboxylic acids is 1. The van der Waals surface area contributed by atoms with E-state index in [4.69, 9.17) is 5.11 Å². The van der Waals surface area contributed by atoms with Crippen LogP contribution < -0.4 is 0 Å². The molecule has 0 aliphatic heterocycles. The molecule has 0 radical (unpaired) electrons. The van der Waals surface area contributed by atoms with Gasteiger partial charge in [-0.2, -0.15) is 0 Å². The summed E-state index contributed by atoms with van der Waals surface area (Å²) in [5.74, 6) is -1.49. The Morgan fingerprint density at radius 3 is 1.73 bits per heavy atom. The monoisotopic (exact) mass is 316 g/mol. The first-order valence-electron chi connectivity index (χ1n) is 7.36. The van der Waals surface area contributed by atoms with E-state index < -0.39 is 19.0 Å². The zero-order chi connectivity index (χ0) is 16.0. The Hall–Kier alpha value is -1.86. The van der Waals surface area contributed by atoms with Crippen LogP contribution in [-0.2, 0) is 21.7 Å². The standard InChI is InChI=1S/C18H21O3P/c1-15(18(19)20)12-22(21,13-16-8-4-2-5-9-16)14-17-10-6-3-7-11-17/h2-11,15H,12-14H2,1H3,(H,19,20)/t15-/m0/s1. The maximum absolute atomic E-state index is 13.4. The topological polar surface area (TPSA) is 54.4 Å². The van der Waals surface area contributed by atoms with Gasteiger partial charge >= 0.3 is 5.97 Å². The lowest BCUT2D eigenvalue weighted by atomic mass is 10.2. The number of rotatable bonds is 7. The van der Waals surface area contributed by atoms with Crippen molar-refractivity contribution in [2.75, 3.05) is 6.16 Å². The van der Waals surface area contributed by atoms with Crippen LogP contribution in [0.15, 0.2) is 60.7 Å². The quantitative estimate of drug-likeness (QED) is 0.767. The van der Waals surface area contributed by atoms with E-state index in [1.165, 1.54) is 0 Å². The van der Waals surface area contributed by atoms with Gasteiger partial charge in [0.25, 0.3) is 0 Å². The highest BCUT2D eigenvalue weighted by Gasteiger charge is 2.28. The molecule has 0 fully saturated rings. The third kappa shape index (κ3) is 4.85. The minimum atomic E-state index is -2.65.